The largest absolute Gasteiger partial charge is 0.348 e. The van der Waals surface area contributed by atoms with Gasteiger partial charge in [0.1, 0.15) is 11.6 Å². The molecule has 6 nitrogen and oxygen atoms in total. The van der Waals surface area contributed by atoms with E-state index in [1.807, 2.05) is 25.9 Å². The average molecular weight is 429 g/mol. The smallest absolute Gasteiger partial charge is 0.244 e. The molecule has 1 aromatic heterocycles. The Balaban J connectivity index is 2.72. The van der Waals surface area contributed by atoms with E-state index in [1.165, 1.54) is 21.4 Å². The number of aromatic nitrogens is 1. The Morgan fingerprint density at radius 3 is 2.03 bits per heavy atom. The second-order valence-corrected chi connectivity index (χ2v) is 9.96. The number of aryl methyl sites for hydroxylation is 2. The minimum absolute atomic E-state index is 0.0748. The number of likely N-dealkylation sites (N-methyl/N-ethyl adjacent to an activating group) is 3. The molecule has 2 atom stereocenters. The van der Waals surface area contributed by atoms with Crippen LogP contribution in [-0.4, -0.2) is 77.9 Å². The normalized spacial score (nSPS) is 15.1. The average Bonchev–Trinajstić information content (AvgIpc) is 2.94. The molecular weight excluding hydrogens is 388 g/mol. The van der Waals surface area contributed by atoms with E-state index in [9.17, 15) is 9.59 Å². The summed E-state index contributed by atoms with van der Waals surface area (Å²) in [7, 11) is 11.1. The van der Waals surface area contributed by atoms with Gasteiger partial charge in [0.2, 0.25) is 11.8 Å². The lowest BCUT2D eigenvalue weighted by Gasteiger charge is -2.50. The van der Waals surface area contributed by atoms with Crippen molar-refractivity contribution in [2.75, 3.05) is 35.2 Å². The molecule has 31 heavy (non-hydrogen) atoms. The Morgan fingerprint density at radius 1 is 1.00 bits per heavy atom. The number of hydrogen-bond donors (Lipinski definition) is 0. The number of fused-ring (bicyclic) bond motifs is 1. The first-order valence-electron chi connectivity index (χ1n) is 10.8. The Labute approximate surface area is 187 Å². The molecule has 0 bridgehead atoms. The maximum atomic E-state index is 14.0. The molecule has 0 aliphatic heterocycles. The van der Waals surface area contributed by atoms with Crippen molar-refractivity contribution in [2.45, 2.75) is 58.5 Å². The first-order chi connectivity index (χ1) is 14.1. The third kappa shape index (κ3) is 3.75. The van der Waals surface area contributed by atoms with Gasteiger partial charge < -0.3 is 14.4 Å². The summed E-state index contributed by atoms with van der Waals surface area (Å²) in [6, 6.07) is 5.93. The lowest BCUT2D eigenvalue weighted by atomic mass is 9.66. The van der Waals surface area contributed by atoms with Gasteiger partial charge in [-0.3, -0.25) is 14.5 Å². The van der Waals surface area contributed by atoms with E-state index in [0.717, 1.165) is 11.2 Å². The van der Waals surface area contributed by atoms with Gasteiger partial charge in [0.25, 0.3) is 0 Å². The molecular formula is C25H40N4O2. The van der Waals surface area contributed by atoms with Gasteiger partial charge in [-0.2, -0.15) is 0 Å². The molecule has 2 amide bonds. The number of carbonyl (C=O) groups excluding carboxylic acids is 2. The Bertz CT molecular complexity index is 1000. The number of carbonyl (C=O) groups is 2. The van der Waals surface area contributed by atoms with Gasteiger partial charge in [-0.05, 0) is 59.5 Å². The number of rotatable bonds is 6. The molecule has 0 saturated heterocycles. The van der Waals surface area contributed by atoms with Crippen LogP contribution in [0, 0.1) is 13.8 Å². The van der Waals surface area contributed by atoms with Crippen LogP contribution < -0.4 is 0 Å². The summed E-state index contributed by atoms with van der Waals surface area (Å²) in [5.41, 5.74) is 3.23. The van der Waals surface area contributed by atoms with Crippen molar-refractivity contribution in [3.05, 3.63) is 35.0 Å². The van der Waals surface area contributed by atoms with Gasteiger partial charge >= 0.3 is 0 Å². The molecule has 0 N–H and O–H groups in total. The van der Waals surface area contributed by atoms with Crippen molar-refractivity contribution >= 4 is 22.7 Å². The Hall–Kier alpha value is -2.34. The van der Waals surface area contributed by atoms with E-state index in [2.05, 4.69) is 57.5 Å². The highest BCUT2D eigenvalue weighted by molar-refractivity contribution is 5.95. The highest BCUT2D eigenvalue weighted by atomic mass is 16.2. The molecule has 6 heteroatoms. The van der Waals surface area contributed by atoms with E-state index in [1.54, 1.807) is 33.0 Å². The zero-order valence-electron chi connectivity index (χ0n) is 21.4. The van der Waals surface area contributed by atoms with Crippen LogP contribution in [0.15, 0.2) is 18.2 Å². The second kappa shape index (κ2) is 8.30. The SMILES string of the molecule is Cc1ccc2c(c1)c(C(C)(C)C(C)(C(=O)N(C)C(C)C(=O)N(C)C)N(C)C)c(C)n2C. The lowest BCUT2D eigenvalue weighted by molar-refractivity contribution is -0.152. The molecule has 2 unspecified atom stereocenters. The summed E-state index contributed by atoms with van der Waals surface area (Å²) < 4.78 is 2.20. The molecule has 2 aromatic rings. The highest BCUT2D eigenvalue weighted by Crippen LogP contribution is 2.45. The molecule has 1 aromatic carbocycles. The minimum Gasteiger partial charge on any atom is -0.348 e. The topological polar surface area (TPSA) is 48.8 Å². The van der Waals surface area contributed by atoms with Gasteiger partial charge in [0.15, 0.2) is 0 Å². The van der Waals surface area contributed by atoms with Crippen molar-refractivity contribution in [3.8, 4) is 0 Å². The predicted octanol–water partition coefficient (Wildman–Crippen LogP) is 3.33. The van der Waals surface area contributed by atoms with Crippen molar-refractivity contribution in [2.24, 2.45) is 7.05 Å². The summed E-state index contributed by atoms with van der Waals surface area (Å²) in [5, 5.41) is 1.17. The highest BCUT2D eigenvalue weighted by Gasteiger charge is 2.53. The number of benzene rings is 1. The monoisotopic (exact) mass is 428 g/mol. The maximum absolute atomic E-state index is 14.0. The number of amides is 2. The van der Waals surface area contributed by atoms with Crippen LogP contribution >= 0.6 is 0 Å². The van der Waals surface area contributed by atoms with Crippen LogP contribution in [0.2, 0.25) is 0 Å². The fourth-order valence-corrected chi connectivity index (χ4v) is 4.79. The molecule has 0 aliphatic carbocycles. The van der Waals surface area contributed by atoms with E-state index in [4.69, 9.17) is 0 Å². The third-order valence-electron chi connectivity index (χ3n) is 7.50. The van der Waals surface area contributed by atoms with Crippen LogP contribution in [0.5, 0.6) is 0 Å². The predicted molar refractivity (Wildman–Crippen MR) is 128 cm³/mol. The van der Waals surface area contributed by atoms with Gasteiger partial charge in [0.05, 0.1) is 0 Å². The molecule has 0 spiro atoms. The standard InChI is InChI=1S/C25H40N4O2/c1-16-13-14-20-19(15-16)21(17(2)28(20)11)24(4,5)25(6,27(9)10)23(31)29(12)18(3)22(30)26(7)8/h13-15,18H,1-12H3. The van der Waals surface area contributed by atoms with Gasteiger partial charge in [-0.25, -0.2) is 0 Å². The fourth-order valence-electron chi connectivity index (χ4n) is 4.79. The first kappa shape index (κ1) is 24.9. The summed E-state index contributed by atoms with van der Waals surface area (Å²) in [6.45, 7) is 12.3. The summed E-state index contributed by atoms with van der Waals surface area (Å²) in [5.74, 6) is -0.166. The van der Waals surface area contributed by atoms with Crippen LogP contribution in [0.1, 0.15) is 44.5 Å². The van der Waals surface area contributed by atoms with E-state index < -0.39 is 17.0 Å². The van der Waals surface area contributed by atoms with E-state index in [-0.39, 0.29) is 11.8 Å². The molecule has 2 rings (SSSR count). The quantitative estimate of drug-likeness (QED) is 0.709. The summed E-state index contributed by atoms with van der Waals surface area (Å²) in [4.78, 5) is 31.7. The Morgan fingerprint density at radius 2 is 1.55 bits per heavy atom. The zero-order valence-corrected chi connectivity index (χ0v) is 21.4. The van der Waals surface area contributed by atoms with Gasteiger partial charge in [-0.1, -0.05) is 25.5 Å². The minimum atomic E-state index is -0.884. The van der Waals surface area contributed by atoms with Crippen molar-refractivity contribution in [3.63, 3.8) is 0 Å². The van der Waals surface area contributed by atoms with Crippen molar-refractivity contribution in [1.82, 2.24) is 19.3 Å². The molecule has 0 radical (unpaired) electrons. The zero-order chi connectivity index (χ0) is 24.0. The summed E-state index contributed by atoms with van der Waals surface area (Å²) in [6.07, 6.45) is 0. The van der Waals surface area contributed by atoms with E-state index >= 15 is 0 Å². The van der Waals surface area contributed by atoms with Gasteiger partial charge in [0, 0.05) is 50.2 Å². The summed E-state index contributed by atoms with van der Waals surface area (Å²) >= 11 is 0. The lowest BCUT2D eigenvalue weighted by Crippen LogP contribution is -2.66. The molecule has 0 fully saturated rings. The first-order valence-corrected chi connectivity index (χ1v) is 10.8. The second-order valence-electron chi connectivity index (χ2n) is 9.96. The van der Waals surface area contributed by atoms with Crippen LogP contribution in [0.4, 0.5) is 0 Å². The van der Waals surface area contributed by atoms with Gasteiger partial charge in [-0.15, -0.1) is 0 Å². The maximum Gasteiger partial charge on any atom is 0.244 e. The van der Waals surface area contributed by atoms with Crippen LogP contribution in [0.3, 0.4) is 0 Å². The van der Waals surface area contributed by atoms with Crippen molar-refractivity contribution < 1.29 is 9.59 Å². The van der Waals surface area contributed by atoms with Crippen LogP contribution in [0.25, 0.3) is 10.9 Å². The van der Waals surface area contributed by atoms with Crippen molar-refractivity contribution in [1.29, 1.82) is 0 Å². The molecule has 0 aliphatic rings. The van der Waals surface area contributed by atoms with Crippen LogP contribution in [-0.2, 0) is 22.1 Å². The number of hydrogen-bond acceptors (Lipinski definition) is 3. The molecule has 0 saturated carbocycles. The fraction of sp³-hybridized carbons (Fsp3) is 0.600. The third-order valence-corrected chi connectivity index (χ3v) is 7.50. The molecule has 172 valence electrons. The molecule has 1 heterocycles. The van der Waals surface area contributed by atoms with E-state index in [0.29, 0.717) is 0 Å². The number of nitrogens with zero attached hydrogens (tertiary/aromatic N) is 4. The Kier molecular flexibility index (Phi) is 6.68.